The topological polar surface area (TPSA) is 49.4 Å². The summed E-state index contributed by atoms with van der Waals surface area (Å²) in [5, 5.41) is 3.32. The maximum absolute atomic E-state index is 11.0. The van der Waals surface area contributed by atoms with Gasteiger partial charge in [-0.15, -0.1) is 0 Å². The molecule has 0 aromatic heterocycles. The van der Waals surface area contributed by atoms with E-state index in [1.165, 1.54) is 11.8 Å². The van der Waals surface area contributed by atoms with Crippen molar-refractivity contribution in [1.82, 2.24) is 4.90 Å². The Morgan fingerprint density at radius 3 is 2.61 bits per heavy atom. The van der Waals surface area contributed by atoms with Crippen molar-refractivity contribution in [2.24, 2.45) is 0 Å². The molecule has 0 unspecified atom stereocenters. The zero-order chi connectivity index (χ0) is 13.6. The molecule has 0 aliphatic rings. The SMILES string of the molecule is Cc1cccc(NCCN(C)CCS(C)(=O)=O)c1. The lowest BCUT2D eigenvalue weighted by atomic mass is 10.2. The summed E-state index contributed by atoms with van der Waals surface area (Å²) in [5.74, 6) is 0.216. The van der Waals surface area contributed by atoms with Gasteiger partial charge in [-0.1, -0.05) is 12.1 Å². The molecule has 0 radical (unpaired) electrons. The highest BCUT2D eigenvalue weighted by atomic mass is 32.2. The Bertz CT molecular complexity index is 472. The third-order valence-electron chi connectivity index (χ3n) is 2.68. The van der Waals surface area contributed by atoms with Crippen molar-refractivity contribution in [3.8, 4) is 0 Å². The van der Waals surface area contributed by atoms with Crippen LogP contribution in [0.15, 0.2) is 24.3 Å². The molecule has 5 heteroatoms. The second kappa shape index (κ2) is 6.75. The molecule has 4 nitrogen and oxygen atoms in total. The predicted molar refractivity (Wildman–Crippen MR) is 76.9 cm³/mol. The van der Waals surface area contributed by atoms with E-state index in [9.17, 15) is 8.42 Å². The van der Waals surface area contributed by atoms with E-state index in [2.05, 4.69) is 24.4 Å². The molecule has 1 aromatic rings. The highest BCUT2D eigenvalue weighted by Crippen LogP contribution is 2.08. The third-order valence-corrected chi connectivity index (χ3v) is 3.61. The molecule has 0 aliphatic carbocycles. The number of hydrogen-bond acceptors (Lipinski definition) is 4. The Hall–Kier alpha value is -1.07. The standard InChI is InChI=1S/C13H22N2O2S/c1-12-5-4-6-13(11-12)14-7-8-15(2)9-10-18(3,16)17/h4-6,11,14H,7-10H2,1-3H3. The van der Waals surface area contributed by atoms with E-state index in [1.54, 1.807) is 0 Å². The third kappa shape index (κ3) is 6.61. The summed E-state index contributed by atoms with van der Waals surface area (Å²) in [7, 11) is -0.930. The molecule has 0 heterocycles. The minimum Gasteiger partial charge on any atom is -0.384 e. The van der Waals surface area contributed by atoms with E-state index in [-0.39, 0.29) is 5.75 Å². The van der Waals surface area contributed by atoms with Gasteiger partial charge in [0.25, 0.3) is 0 Å². The van der Waals surface area contributed by atoms with Gasteiger partial charge in [0.15, 0.2) is 0 Å². The molecule has 0 spiro atoms. The van der Waals surface area contributed by atoms with Crippen molar-refractivity contribution < 1.29 is 8.42 Å². The van der Waals surface area contributed by atoms with Crippen molar-refractivity contribution in [2.75, 3.05) is 44.0 Å². The van der Waals surface area contributed by atoms with Crippen molar-refractivity contribution in [3.05, 3.63) is 29.8 Å². The highest BCUT2D eigenvalue weighted by molar-refractivity contribution is 7.90. The molecule has 0 bridgehead atoms. The normalized spacial score (nSPS) is 11.8. The van der Waals surface area contributed by atoms with Crippen LogP contribution in [0.25, 0.3) is 0 Å². The molecule has 1 N–H and O–H groups in total. The number of benzene rings is 1. The van der Waals surface area contributed by atoms with Gasteiger partial charge in [-0.25, -0.2) is 8.42 Å². The molecule has 0 atom stereocenters. The summed E-state index contributed by atoms with van der Waals surface area (Å²) in [6.07, 6.45) is 1.27. The molecule has 0 saturated heterocycles. The van der Waals surface area contributed by atoms with Crippen molar-refractivity contribution in [2.45, 2.75) is 6.92 Å². The lowest BCUT2D eigenvalue weighted by molar-refractivity contribution is 0.367. The molecular weight excluding hydrogens is 248 g/mol. The first-order valence-corrected chi connectivity index (χ1v) is 8.10. The van der Waals surface area contributed by atoms with Gasteiger partial charge in [0.1, 0.15) is 9.84 Å². The van der Waals surface area contributed by atoms with Gasteiger partial charge in [0.2, 0.25) is 0 Å². The van der Waals surface area contributed by atoms with Crippen LogP contribution in [0, 0.1) is 6.92 Å². The van der Waals surface area contributed by atoms with Crippen LogP contribution in [0.5, 0.6) is 0 Å². The minimum absolute atomic E-state index is 0.216. The molecule has 0 amide bonds. The van der Waals surface area contributed by atoms with Crippen LogP contribution in [-0.4, -0.2) is 52.0 Å². The first kappa shape index (κ1) is 15.0. The maximum atomic E-state index is 11.0. The zero-order valence-corrected chi connectivity index (χ0v) is 12.1. The number of anilines is 1. The van der Waals surface area contributed by atoms with Crippen LogP contribution in [0.1, 0.15) is 5.56 Å². The Morgan fingerprint density at radius 1 is 1.28 bits per heavy atom. The first-order chi connectivity index (χ1) is 8.37. The van der Waals surface area contributed by atoms with Gasteiger partial charge in [0.05, 0.1) is 5.75 Å². The van der Waals surface area contributed by atoms with Crippen LogP contribution < -0.4 is 5.32 Å². The Balaban J connectivity index is 2.25. The smallest absolute Gasteiger partial charge is 0.148 e. The summed E-state index contributed by atoms with van der Waals surface area (Å²) in [6, 6.07) is 8.20. The van der Waals surface area contributed by atoms with Crippen LogP contribution in [0.2, 0.25) is 0 Å². The van der Waals surface area contributed by atoms with E-state index in [4.69, 9.17) is 0 Å². The molecule has 1 rings (SSSR count). The lowest BCUT2D eigenvalue weighted by Crippen LogP contribution is -2.29. The number of sulfone groups is 1. The number of rotatable bonds is 7. The summed E-state index contributed by atoms with van der Waals surface area (Å²) < 4.78 is 22.1. The van der Waals surface area contributed by atoms with Gasteiger partial charge in [0, 0.05) is 31.6 Å². The van der Waals surface area contributed by atoms with Gasteiger partial charge < -0.3 is 10.2 Å². The first-order valence-electron chi connectivity index (χ1n) is 6.03. The molecule has 0 aliphatic heterocycles. The molecule has 0 fully saturated rings. The van der Waals surface area contributed by atoms with Crippen molar-refractivity contribution >= 4 is 15.5 Å². The van der Waals surface area contributed by atoms with E-state index in [0.717, 1.165) is 18.8 Å². The summed E-state index contributed by atoms with van der Waals surface area (Å²) in [5.41, 5.74) is 2.33. The minimum atomic E-state index is -2.86. The Labute approximate surface area is 110 Å². The van der Waals surface area contributed by atoms with Crippen LogP contribution in [-0.2, 0) is 9.84 Å². The lowest BCUT2D eigenvalue weighted by Gasteiger charge is -2.16. The number of aryl methyl sites for hydroxylation is 1. The van der Waals surface area contributed by atoms with E-state index >= 15 is 0 Å². The molecule has 102 valence electrons. The van der Waals surface area contributed by atoms with Crippen LogP contribution in [0.4, 0.5) is 5.69 Å². The van der Waals surface area contributed by atoms with Crippen molar-refractivity contribution in [1.29, 1.82) is 0 Å². The second-order valence-electron chi connectivity index (χ2n) is 4.73. The monoisotopic (exact) mass is 270 g/mol. The Kier molecular flexibility index (Phi) is 5.62. The van der Waals surface area contributed by atoms with Crippen molar-refractivity contribution in [3.63, 3.8) is 0 Å². The zero-order valence-electron chi connectivity index (χ0n) is 11.3. The molecule has 0 saturated carbocycles. The summed E-state index contributed by atoms with van der Waals surface area (Å²) >= 11 is 0. The van der Waals surface area contributed by atoms with E-state index in [1.807, 2.05) is 24.1 Å². The fourth-order valence-electron chi connectivity index (χ4n) is 1.58. The summed E-state index contributed by atoms with van der Waals surface area (Å²) in [6.45, 7) is 4.27. The molecule has 1 aromatic carbocycles. The number of hydrogen-bond donors (Lipinski definition) is 1. The van der Waals surface area contributed by atoms with Crippen LogP contribution in [0.3, 0.4) is 0 Å². The highest BCUT2D eigenvalue weighted by Gasteiger charge is 2.05. The van der Waals surface area contributed by atoms with Gasteiger partial charge in [-0.05, 0) is 31.7 Å². The van der Waals surface area contributed by atoms with Gasteiger partial charge >= 0.3 is 0 Å². The van der Waals surface area contributed by atoms with Crippen LogP contribution >= 0.6 is 0 Å². The quantitative estimate of drug-likeness (QED) is 0.813. The fourth-order valence-corrected chi connectivity index (χ4v) is 2.22. The van der Waals surface area contributed by atoms with Gasteiger partial charge in [-0.3, -0.25) is 0 Å². The number of nitrogens with zero attached hydrogens (tertiary/aromatic N) is 1. The van der Waals surface area contributed by atoms with E-state index < -0.39 is 9.84 Å². The summed E-state index contributed by atoms with van der Waals surface area (Å²) in [4.78, 5) is 2.02. The number of likely N-dealkylation sites (N-methyl/N-ethyl adjacent to an activating group) is 1. The average molecular weight is 270 g/mol. The molecule has 18 heavy (non-hydrogen) atoms. The second-order valence-corrected chi connectivity index (χ2v) is 6.99. The Morgan fingerprint density at radius 2 is 2.00 bits per heavy atom. The fraction of sp³-hybridized carbons (Fsp3) is 0.538. The van der Waals surface area contributed by atoms with Gasteiger partial charge in [-0.2, -0.15) is 0 Å². The maximum Gasteiger partial charge on any atom is 0.148 e. The van der Waals surface area contributed by atoms with E-state index in [0.29, 0.717) is 6.54 Å². The average Bonchev–Trinajstić information content (AvgIpc) is 2.25. The predicted octanol–water partition coefficient (Wildman–Crippen LogP) is 1.38. The number of nitrogens with one attached hydrogen (secondary N) is 1. The largest absolute Gasteiger partial charge is 0.384 e. The molecular formula is C13H22N2O2S.